The number of hydrogen-bond acceptors (Lipinski definition) is 2. The summed E-state index contributed by atoms with van der Waals surface area (Å²) >= 11 is 0. The molecule has 0 aliphatic carbocycles. The summed E-state index contributed by atoms with van der Waals surface area (Å²) in [5.74, 6) is 0. The topological polar surface area (TPSA) is 52.0 Å². The molecule has 98 valence electrons. The van der Waals surface area contributed by atoms with E-state index in [0.717, 1.165) is 44.3 Å². The Morgan fingerprint density at radius 3 is 2.44 bits per heavy atom. The first-order valence-corrected chi connectivity index (χ1v) is 6.62. The van der Waals surface area contributed by atoms with Gasteiger partial charge in [-0.2, -0.15) is 0 Å². The minimum absolute atomic E-state index is 0.772. The molecule has 0 radical (unpaired) electrons. The maximum absolute atomic E-state index is 6.00. The van der Waals surface area contributed by atoms with E-state index in [1.54, 1.807) is 0 Å². The molecular weight excluding hydrogens is 220 g/mol. The number of unbranched alkanes of at least 4 members (excludes halogenated alkanes) is 2. The van der Waals surface area contributed by atoms with E-state index in [9.17, 15) is 0 Å². The van der Waals surface area contributed by atoms with E-state index in [2.05, 4.69) is 36.9 Å². The van der Waals surface area contributed by atoms with Crippen molar-refractivity contribution in [2.24, 2.45) is 11.5 Å². The monoisotopic (exact) mass is 244 g/mol. The first kappa shape index (κ1) is 14.5. The maximum atomic E-state index is 6.00. The summed E-state index contributed by atoms with van der Waals surface area (Å²) < 4.78 is 0. The van der Waals surface area contributed by atoms with Gasteiger partial charge in [-0.1, -0.05) is 36.8 Å². The molecule has 0 aromatic heterocycles. The fourth-order valence-electron chi connectivity index (χ4n) is 1.85. The van der Waals surface area contributed by atoms with Gasteiger partial charge in [0.2, 0.25) is 0 Å². The Morgan fingerprint density at radius 1 is 1.11 bits per heavy atom. The highest BCUT2D eigenvalue weighted by atomic mass is 14.6. The summed E-state index contributed by atoms with van der Waals surface area (Å²) in [6, 6.07) is 8.45. The average molecular weight is 244 g/mol. The molecule has 0 spiro atoms. The Labute approximate surface area is 110 Å². The number of nitrogens with two attached hydrogens (primary N) is 2. The van der Waals surface area contributed by atoms with E-state index in [1.165, 1.54) is 11.1 Å². The van der Waals surface area contributed by atoms with Crippen LogP contribution in [0.1, 0.15) is 36.8 Å². The molecule has 0 aliphatic rings. The normalized spacial score (nSPS) is 11.5. The highest BCUT2D eigenvalue weighted by Crippen LogP contribution is 2.11. The molecule has 0 amide bonds. The van der Waals surface area contributed by atoms with Gasteiger partial charge in [0.15, 0.2) is 0 Å². The van der Waals surface area contributed by atoms with Gasteiger partial charge in [-0.05, 0) is 49.4 Å². The van der Waals surface area contributed by atoms with Crippen LogP contribution >= 0.6 is 0 Å². The van der Waals surface area contributed by atoms with Crippen LogP contribution in [0.3, 0.4) is 0 Å². The van der Waals surface area contributed by atoms with Crippen LogP contribution < -0.4 is 11.5 Å². The molecule has 0 saturated heterocycles. The van der Waals surface area contributed by atoms with Crippen molar-refractivity contribution in [3.8, 4) is 0 Å². The highest BCUT2D eigenvalue weighted by molar-refractivity contribution is 5.52. The number of benzene rings is 1. The highest BCUT2D eigenvalue weighted by Gasteiger charge is 1.95. The molecule has 1 aromatic carbocycles. The summed E-state index contributed by atoms with van der Waals surface area (Å²) in [5, 5.41) is 0. The molecule has 0 bridgehead atoms. The molecule has 0 unspecified atom stereocenters. The van der Waals surface area contributed by atoms with Crippen LogP contribution in [0, 0.1) is 0 Å². The molecule has 4 N–H and O–H groups in total. The van der Waals surface area contributed by atoms with Crippen molar-refractivity contribution in [2.75, 3.05) is 6.54 Å². The summed E-state index contributed by atoms with van der Waals surface area (Å²) in [4.78, 5) is 0. The van der Waals surface area contributed by atoms with E-state index in [-0.39, 0.29) is 0 Å². The summed E-state index contributed by atoms with van der Waals surface area (Å²) in [6.45, 7) is 4.51. The molecule has 1 rings (SSSR count). The second-order valence-corrected chi connectivity index (χ2v) is 4.55. The Balaban J connectivity index is 2.46. The van der Waals surface area contributed by atoms with Gasteiger partial charge >= 0.3 is 0 Å². The van der Waals surface area contributed by atoms with Gasteiger partial charge in [0, 0.05) is 5.70 Å². The lowest BCUT2D eigenvalue weighted by Crippen LogP contribution is -2.00. The molecule has 0 atom stereocenters. The van der Waals surface area contributed by atoms with Crippen LogP contribution in [0.5, 0.6) is 0 Å². The predicted octanol–water partition coefficient (Wildman–Crippen LogP) is 3.23. The maximum Gasteiger partial charge on any atom is 0.00864 e. The minimum Gasteiger partial charge on any atom is -0.402 e. The van der Waals surface area contributed by atoms with Crippen LogP contribution in [0.25, 0.3) is 6.08 Å². The van der Waals surface area contributed by atoms with Gasteiger partial charge in [0.05, 0.1) is 0 Å². The number of allylic oxidation sites excluding steroid dienone is 2. The third-order valence-corrected chi connectivity index (χ3v) is 2.88. The second kappa shape index (κ2) is 8.54. The van der Waals surface area contributed by atoms with Crippen LogP contribution in [0.2, 0.25) is 0 Å². The van der Waals surface area contributed by atoms with Crippen molar-refractivity contribution in [3.63, 3.8) is 0 Å². The van der Waals surface area contributed by atoms with Crippen LogP contribution in [-0.4, -0.2) is 6.54 Å². The fraction of sp³-hybridized carbons (Fsp3) is 0.375. The zero-order valence-electron chi connectivity index (χ0n) is 11.1. The van der Waals surface area contributed by atoms with Crippen molar-refractivity contribution in [2.45, 2.75) is 32.1 Å². The first-order chi connectivity index (χ1) is 8.76. The van der Waals surface area contributed by atoms with E-state index < -0.39 is 0 Å². The summed E-state index contributed by atoms with van der Waals surface area (Å²) in [5.41, 5.74) is 14.8. The zero-order chi connectivity index (χ0) is 13.2. The van der Waals surface area contributed by atoms with Gasteiger partial charge < -0.3 is 11.5 Å². The standard InChI is InChI=1S/C16H24N2/c1-2-6-14-8-10-15(11-9-14)13-16(18)7-4-3-5-12-17/h2,8-11,13H,1,3-7,12,17-18H2. The molecule has 0 aliphatic heterocycles. The lowest BCUT2D eigenvalue weighted by Gasteiger charge is -2.03. The van der Waals surface area contributed by atoms with Crippen LogP contribution in [0.15, 0.2) is 42.6 Å². The zero-order valence-corrected chi connectivity index (χ0v) is 11.1. The van der Waals surface area contributed by atoms with Crippen LogP contribution in [-0.2, 0) is 6.42 Å². The Hall–Kier alpha value is -1.54. The van der Waals surface area contributed by atoms with E-state index in [4.69, 9.17) is 11.5 Å². The van der Waals surface area contributed by atoms with Gasteiger partial charge in [0.1, 0.15) is 0 Å². The van der Waals surface area contributed by atoms with E-state index >= 15 is 0 Å². The third kappa shape index (κ3) is 5.69. The second-order valence-electron chi connectivity index (χ2n) is 4.55. The molecule has 0 heterocycles. The largest absolute Gasteiger partial charge is 0.402 e. The quantitative estimate of drug-likeness (QED) is 0.545. The van der Waals surface area contributed by atoms with Crippen molar-refractivity contribution >= 4 is 6.08 Å². The Bertz CT molecular complexity index is 377. The number of hydrogen-bond donors (Lipinski definition) is 2. The van der Waals surface area contributed by atoms with Crippen molar-refractivity contribution in [1.29, 1.82) is 0 Å². The SMILES string of the molecule is C=CCc1ccc(C=C(N)CCCCCN)cc1. The first-order valence-electron chi connectivity index (χ1n) is 6.62. The average Bonchev–Trinajstić information content (AvgIpc) is 2.37. The van der Waals surface area contributed by atoms with Gasteiger partial charge in [-0.25, -0.2) is 0 Å². The molecule has 1 aromatic rings. The van der Waals surface area contributed by atoms with Gasteiger partial charge in [-0.3, -0.25) is 0 Å². The van der Waals surface area contributed by atoms with E-state index in [0.29, 0.717) is 0 Å². The molecule has 0 saturated carbocycles. The lowest BCUT2D eigenvalue weighted by molar-refractivity contribution is 0.682. The molecule has 0 fully saturated rings. The smallest absolute Gasteiger partial charge is 0.00864 e. The minimum atomic E-state index is 0.772. The fourth-order valence-corrected chi connectivity index (χ4v) is 1.85. The van der Waals surface area contributed by atoms with Crippen molar-refractivity contribution in [3.05, 3.63) is 53.7 Å². The molecule has 2 nitrogen and oxygen atoms in total. The summed E-state index contributed by atoms with van der Waals surface area (Å²) in [7, 11) is 0. The van der Waals surface area contributed by atoms with Gasteiger partial charge in [0.25, 0.3) is 0 Å². The van der Waals surface area contributed by atoms with Crippen molar-refractivity contribution < 1.29 is 0 Å². The molecule has 18 heavy (non-hydrogen) atoms. The van der Waals surface area contributed by atoms with Crippen molar-refractivity contribution in [1.82, 2.24) is 0 Å². The lowest BCUT2D eigenvalue weighted by atomic mass is 10.1. The Morgan fingerprint density at radius 2 is 1.83 bits per heavy atom. The predicted molar refractivity (Wildman–Crippen MR) is 80.0 cm³/mol. The number of rotatable bonds is 8. The van der Waals surface area contributed by atoms with Gasteiger partial charge in [-0.15, -0.1) is 6.58 Å². The Kier molecular flexibility index (Phi) is 6.89. The van der Waals surface area contributed by atoms with E-state index in [1.807, 2.05) is 6.08 Å². The summed E-state index contributed by atoms with van der Waals surface area (Å²) in [6.07, 6.45) is 9.20. The van der Waals surface area contributed by atoms with Crippen LogP contribution in [0.4, 0.5) is 0 Å². The molecule has 2 heteroatoms. The third-order valence-electron chi connectivity index (χ3n) is 2.88. The molecular formula is C16H24N2.